The minimum Gasteiger partial charge on any atom is -0.493 e. The first-order valence-electron chi connectivity index (χ1n) is 10.8. The molecule has 3 rings (SSSR count). The number of rotatable bonds is 10. The lowest BCUT2D eigenvalue weighted by molar-refractivity contribution is -0.128. The van der Waals surface area contributed by atoms with Gasteiger partial charge in [-0.15, -0.1) is 0 Å². The molecule has 0 N–H and O–H groups in total. The van der Waals surface area contributed by atoms with Gasteiger partial charge in [-0.2, -0.15) is 0 Å². The second-order valence-corrected chi connectivity index (χ2v) is 8.16. The lowest BCUT2D eigenvalue weighted by atomic mass is 10.1. The number of carbonyl (C=O) groups excluding carboxylic acids is 1. The largest absolute Gasteiger partial charge is 0.493 e. The van der Waals surface area contributed by atoms with Crippen LogP contribution in [0.4, 0.5) is 0 Å². The van der Waals surface area contributed by atoms with E-state index in [0.29, 0.717) is 37.1 Å². The van der Waals surface area contributed by atoms with Crippen LogP contribution >= 0.6 is 0 Å². The van der Waals surface area contributed by atoms with Gasteiger partial charge in [-0.25, -0.2) is 0 Å². The standard InChI is InChI=1S/C25H32N2O4/c1-19(2)18-31-23-10-8-20(14-24(23)29-3)9-11-25(28)27(17-22-7-5-13-30-22)16-21-6-4-12-26-15-21/h4,6,8-12,14-15,19,22H,5,7,13,16-18H2,1-3H3/b11-9+. The summed E-state index contributed by atoms with van der Waals surface area (Å²) >= 11 is 0. The molecule has 0 radical (unpaired) electrons. The van der Waals surface area contributed by atoms with Crippen LogP contribution in [-0.2, 0) is 16.1 Å². The van der Waals surface area contributed by atoms with Gasteiger partial charge in [0.1, 0.15) is 0 Å². The summed E-state index contributed by atoms with van der Waals surface area (Å²) in [5, 5.41) is 0. The summed E-state index contributed by atoms with van der Waals surface area (Å²) in [6.45, 7) is 6.66. The summed E-state index contributed by atoms with van der Waals surface area (Å²) in [5.74, 6) is 1.73. The van der Waals surface area contributed by atoms with E-state index >= 15 is 0 Å². The number of hydrogen-bond donors (Lipinski definition) is 0. The molecule has 6 nitrogen and oxygen atoms in total. The van der Waals surface area contributed by atoms with Gasteiger partial charge in [-0.3, -0.25) is 9.78 Å². The van der Waals surface area contributed by atoms with Crippen LogP contribution in [0.1, 0.15) is 37.8 Å². The van der Waals surface area contributed by atoms with E-state index in [2.05, 4.69) is 18.8 Å². The smallest absolute Gasteiger partial charge is 0.246 e. The van der Waals surface area contributed by atoms with Gasteiger partial charge >= 0.3 is 0 Å². The third-order valence-electron chi connectivity index (χ3n) is 5.03. The van der Waals surface area contributed by atoms with Crippen molar-refractivity contribution in [2.24, 2.45) is 5.92 Å². The number of nitrogens with zero attached hydrogens (tertiary/aromatic N) is 2. The predicted octanol–water partition coefficient (Wildman–Crippen LogP) is 4.35. The predicted molar refractivity (Wildman–Crippen MR) is 121 cm³/mol. The Hall–Kier alpha value is -2.86. The normalized spacial score (nSPS) is 16.1. The summed E-state index contributed by atoms with van der Waals surface area (Å²) in [4.78, 5) is 19.0. The van der Waals surface area contributed by atoms with Crippen molar-refractivity contribution in [1.82, 2.24) is 9.88 Å². The van der Waals surface area contributed by atoms with Crippen LogP contribution in [0.5, 0.6) is 11.5 Å². The lowest BCUT2D eigenvalue weighted by Gasteiger charge is -2.24. The molecule has 1 fully saturated rings. The van der Waals surface area contributed by atoms with E-state index in [4.69, 9.17) is 14.2 Å². The maximum atomic E-state index is 13.0. The molecule has 1 amide bonds. The second kappa shape index (κ2) is 11.5. The Labute approximate surface area is 184 Å². The zero-order chi connectivity index (χ0) is 22.1. The summed E-state index contributed by atoms with van der Waals surface area (Å²) < 4.78 is 17.0. The SMILES string of the molecule is COc1cc(/C=C/C(=O)N(Cc2cccnc2)CC2CCCO2)ccc1OCC(C)C. The van der Waals surface area contributed by atoms with E-state index in [1.165, 1.54) is 0 Å². The van der Waals surface area contributed by atoms with Gasteiger partial charge in [0.25, 0.3) is 0 Å². The summed E-state index contributed by atoms with van der Waals surface area (Å²) in [5.41, 5.74) is 1.87. The fourth-order valence-corrected chi connectivity index (χ4v) is 3.42. The number of benzene rings is 1. The molecule has 1 atom stereocenters. The average Bonchev–Trinajstić information content (AvgIpc) is 3.29. The Morgan fingerprint density at radius 3 is 2.87 bits per heavy atom. The number of methoxy groups -OCH3 is 1. The first-order valence-corrected chi connectivity index (χ1v) is 10.8. The molecule has 2 heterocycles. The molecular weight excluding hydrogens is 392 g/mol. The molecule has 1 aliphatic heterocycles. The summed E-state index contributed by atoms with van der Waals surface area (Å²) in [6.07, 6.45) is 9.05. The van der Waals surface area contributed by atoms with Crippen molar-refractivity contribution in [3.63, 3.8) is 0 Å². The molecule has 1 aromatic carbocycles. The maximum Gasteiger partial charge on any atom is 0.246 e. The van der Waals surface area contributed by atoms with Crippen molar-refractivity contribution in [3.8, 4) is 11.5 Å². The molecule has 1 saturated heterocycles. The molecule has 6 heteroatoms. The Morgan fingerprint density at radius 2 is 2.19 bits per heavy atom. The molecule has 2 aromatic rings. The zero-order valence-electron chi connectivity index (χ0n) is 18.6. The van der Waals surface area contributed by atoms with Gasteiger partial charge in [0.2, 0.25) is 5.91 Å². The minimum absolute atomic E-state index is 0.0570. The number of ether oxygens (including phenoxy) is 3. The van der Waals surface area contributed by atoms with E-state index in [9.17, 15) is 4.79 Å². The number of amides is 1. The number of pyridine rings is 1. The molecule has 0 spiro atoms. The van der Waals surface area contributed by atoms with E-state index in [0.717, 1.165) is 30.6 Å². The first-order chi connectivity index (χ1) is 15.0. The van der Waals surface area contributed by atoms with Crippen molar-refractivity contribution in [2.75, 3.05) is 26.9 Å². The summed E-state index contributed by atoms with van der Waals surface area (Å²) in [7, 11) is 1.62. The molecule has 1 aromatic heterocycles. The molecule has 166 valence electrons. The van der Waals surface area contributed by atoms with Crippen molar-refractivity contribution < 1.29 is 19.0 Å². The molecule has 31 heavy (non-hydrogen) atoms. The maximum absolute atomic E-state index is 13.0. The van der Waals surface area contributed by atoms with Crippen LogP contribution < -0.4 is 9.47 Å². The van der Waals surface area contributed by atoms with Crippen LogP contribution in [0.2, 0.25) is 0 Å². The van der Waals surface area contributed by atoms with E-state index in [1.807, 2.05) is 41.3 Å². The highest BCUT2D eigenvalue weighted by molar-refractivity contribution is 5.91. The quantitative estimate of drug-likeness (QED) is 0.531. The van der Waals surface area contributed by atoms with Gasteiger partial charge in [-0.05, 0) is 54.2 Å². The Balaban J connectivity index is 1.70. The van der Waals surface area contributed by atoms with Crippen LogP contribution in [0.15, 0.2) is 48.8 Å². The number of carbonyl (C=O) groups is 1. The van der Waals surface area contributed by atoms with Crippen LogP contribution in [0, 0.1) is 5.92 Å². The van der Waals surface area contributed by atoms with E-state index < -0.39 is 0 Å². The van der Waals surface area contributed by atoms with Gasteiger partial charge in [0, 0.05) is 38.2 Å². The van der Waals surface area contributed by atoms with Crippen molar-refractivity contribution >= 4 is 12.0 Å². The topological polar surface area (TPSA) is 60.9 Å². The molecule has 1 aliphatic rings. The third-order valence-corrected chi connectivity index (χ3v) is 5.03. The van der Waals surface area contributed by atoms with Gasteiger partial charge in [0.15, 0.2) is 11.5 Å². The van der Waals surface area contributed by atoms with Crippen LogP contribution in [-0.4, -0.2) is 48.8 Å². The van der Waals surface area contributed by atoms with Crippen LogP contribution in [0.3, 0.4) is 0 Å². The first kappa shape index (κ1) is 22.8. The molecule has 0 bridgehead atoms. The fourth-order valence-electron chi connectivity index (χ4n) is 3.42. The Bertz CT molecular complexity index is 861. The fraction of sp³-hybridized carbons (Fsp3) is 0.440. The van der Waals surface area contributed by atoms with Gasteiger partial charge < -0.3 is 19.1 Å². The number of aromatic nitrogens is 1. The van der Waals surface area contributed by atoms with E-state index in [-0.39, 0.29) is 12.0 Å². The average molecular weight is 425 g/mol. The molecule has 0 saturated carbocycles. The Kier molecular flexibility index (Phi) is 8.47. The Morgan fingerprint density at radius 1 is 1.32 bits per heavy atom. The lowest BCUT2D eigenvalue weighted by Crippen LogP contribution is -2.35. The monoisotopic (exact) mass is 424 g/mol. The minimum atomic E-state index is -0.0570. The highest BCUT2D eigenvalue weighted by atomic mass is 16.5. The third kappa shape index (κ3) is 7.10. The van der Waals surface area contributed by atoms with Crippen molar-refractivity contribution in [1.29, 1.82) is 0 Å². The zero-order valence-corrected chi connectivity index (χ0v) is 18.6. The highest BCUT2D eigenvalue weighted by Crippen LogP contribution is 2.29. The van der Waals surface area contributed by atoms with Crippen LogP contribution in [0.25, 0.3) is 6.08 Å². The molecule has 1 unspecified atom stereocenters. The second-order valence-electron chi connectivity index (χ2n) is 8.16. The van der Waals surface area contributed by atoms with Crippen molar-refractivity contribution in [3.05, 3.63) is 59.9 Å². The van der Waals surface area contributed by atoms with Gasteiger partial charge in [0.05, 0.1) is 19.8 Å². The molecule has 0 aliphatic carbocycles. The molecular formula is C25H32N2O4. The van der Waals surface area contributed by atoms with Gasteiger partial charge in [-0.1, -0.05) is 26.0 Å². The summed E-state index contributed by atoms with van der Waals surface area (Å²) in [6, 6.07) is 9.55. The highest BCUT2D eigenvalue weighted by Gasteiger charge is 2.21. The number of hydrogen-bond acceptors (Lipinski definition) is 5. The van der Waals surface area contributed by atoms with Crippen molar-refractivity contribution in [2.45, 2.75) is 39.3 Å². The van der Waals surface area contributed by atoms with E-state index in [1.54, 1.807) is 25.6 Å².